The third-order valence-electron chi connectivity index (χ3n) is 5.04. The first-order valence-corrected chi connectivity index (χ1v) is 11.8. The molecular weight excluding hydrogens is 431 g/mol. The van der Waals surface area contributed by atoms with Gasteiger partial charge in [-0.3, -0.25) is 9.10 Å². The highest BCUT2D eigenvalue weighted by atomic mass is 32.2. The molecule has 0 spiro atoms. The summed E-state index contributed by atoms with van der Waals surface area (Å²) in [5, 5.41) is 3.75. The second-order valence-corrected chi connectivity index (χ2v) is 9.18. The maximum absolute atomic E-state index is 13.3. The number of hydrogen-bond donors (Lipinski definition) is 1. The molecule has 1 aromatic heterocycles. The van der Waals surface area contributed by atoms with Crippen LogP contribution in [0.4, 0.5) is 15.8 Å². The Morgan fingerprint density at radius 3 is 2.41 bits per heavy atom. The molecule has 1 N–H and O–H groups in total. The number of fused-ring (bicyclic) bond motifs is 1. The first-order valence-electron chi connectivity index (χ1n) is 9.91. The molecule has 0 aliphatic heterocycles. The number of benzene rings is 3. The van der Waals surface area contributed by atoms with Crippen LogP contribution < -0.4 is 9.62 Å². The van der Waals surface area contributed by atoms with Crippen molar-refractivity contribution in [2.24, 2.45) is 0 Å². The molecule has 3 aromatic carbocycles. The van der Waals surface area contributed by atoms with Gasteiger partial charge in [0.05, 0.1) is 24.1 Å². The minimum Gasteiger partial charge on any atom is -0.455 e. The molecule has 0 fully saturated rings. The molecule has 164 valence electrons. The molecule has 6 nitrogen and oxygen atoms in total. The zero-order valence-corrected chi connectivity index (χ0v) is 18.1. The van der Waals surface area contributed by atoms with Crippen molar-refractivity contribution in [3.63, 3.8) is 0 Å². The lowest BCUT2D eigenvalue weighted by atomic mass is 10.1. The molecule has 0 radical (unpaired) electrons. The van der Waals surface area contributed by atoms with Crippen molar-refractivity contribution >= 4 is 38.7 Å². The van der Waals surface area contributed by atoms with Crippen LogP contribution >= 0.6 is 0 Å². The van der Waals surface area contributed by atoms with Gasteiger partial charge in [0.2, 0.25) is 10.0 Å². The summed E-state index contributed by atoms with van der Waals surface area (Å²) < 4.78 is 45.4. The fourth-order valence-electron chi connectivity index (χ4n) is 3.54. The highest BCUT2D eigenvalue weighted by Gasteiger charge is 2.21. The number of sulfonamides is 1. The Labute approximate surface area is 185 Å². The van der Waals surface area contributed by atoms with Crippen molar-refractivity contribution in [1.82, 2.24) is 0 Å². The van der Waals surface area contributed by atoms with Gasteiger partial charge >= 0.3 is 0 Å². The number of para-hydroxylation sites is 1. The molecule has 4 rings (SSSR count). The monoisotopic (exact) mass is 452 g/mol. The van der Waals surface area contributed by atoms with Crippen molar-refractivity contribution in [3.05, 3.63) is 84.2 Å². The van der Waals surface area contributed by atoms with E-state index in [0.717, 1.165) is 11.9 Å². The lowest BCUT2D eigenvalue weighted by Crippen LogP contribution is -2.34. The van der Waals surface area contributed by atoms with Crippen LogP contribution in [0.1, 0.15) is 10.4 Å². The molecule has 0 unspecified atom stereocenters. The van der Waals surface area contributed by atoms with Crippen LogP contribution in [0.25, 0.3) is 22.3 Å². The number of carbonyl (C=O) groups is 1. The second kappa shape index (κ2) is 8.84. The Kier molecular flexibility index (Phi) is 5.96. The second-order valence-electron chi connectivity index (χ2n) is 7.28. The van der Waals surface area contributed by atoms with Gasteiger partial charge in [-0.05, 0) is 48.5 Å². The van der Waals surface area contributed by atoms with Gasteiger partial charge in [-0.2, -0.15) is 0 Å². The molecule has 1 heterocycles. The fraction of sp³-hybridized carbons (Fsp3) is 0.125. The highest BCUT2D eigenvalue weighted by molar-refractivity contribution is 7.92. The predicted octanol–water partition coefficient (Wildman–Crippen LogP) is 4.93. The number of carbonyl (C=O) groups excluding carboxylic acids is 1. The molecule has 0 saturated carbocycles. The van der Waals surface area contributed by atoms with Crippen molar-refractivity contribution in [3.8, 4) is 11.3 Å². The van der Waals surface area contributed by atoms with Crippen LogP contribution in [0, 0.1) is 5.82 Å². The number of anilines is 2. The number of nitrogens with zero attached hydrogens (tertiary/aromatic N) is 1. The SMILES string of the molecule is CS(=O)(=O)N(CCNc1ccccc1)c1ccc2c(C=O)c(-c3ccc(F)cc3)oc2c1. The highest BCUT2D eigenvalue weighted by Crippen LogP contribution is 2.35. The zero-order chi connectivity index (χ0) is 22.7. The number of hydrogen-bond acceptors (Lipinski definition) is 5. The lowest BCUT2D eigenvalue weighted by Gasteiger charge is -2.22. The van der Waals surface area contributed by atoms with Gasteiger partial charge < -0.3 is 9.73 Å². The maximum atomic E-state index is 13.3. The summed E-state index contributed by atoms with van der Waals surface area (Å²) in [6.07, 6.45) is 1.82. The first-order chi connectivity index (χ1) is 15.4. The number of aldehydes is 1. The summed E-state index contributed by atoms with van der Waals surface area (Å²) in [7, 11) is -3.57. The van der Waals surface area contributed by atoms with Crippen LogP contribution in [0.3, 0.4) is 0 Å². The molecule has 8 heteroatoms. The van der Waals surface area contributed by atoms with E-state index in [1.807, 2.05) is 30.3 Å². The number of furan rings is 1. The van der Waals surface area contributed by atoms with Gasteiger partial charge in [0, 0.05) is 29.2 Å². The summed E-state index contributed by atoms with van der Waals surface area (Å²) in [5.41, 5.74) is 2.57. The van der Waals surface area contributed by atoms with E-state index in [1.165, 1.54) is 28.6 Å². The van der Waals surface area contributed by atoms with E-state index in [4.69, 9.17) is 4.42 Å². The molecule has 0 bridgehead atoms. The number of nitrogens with one attached hydrogen (secondary N) is 1. The van der Waals surface area contributed by atoms with E-state index in [1.54, 1.807) is 18.2 Å². The molecule has 0 saturated heterocycles. The summed E-state index contributed by atoms with van der Waals surface area (Å²) in [5.74, 6) is -0.0866. The van der Waals surface area contributed by atoms with E-state index in [2.05, 4.69) is 5.32 Å². The van der Waals surface area contributed by atoms with Crippen molar-refractivity contribution in [2.45, 2.75) is 0 Å². The first kappa shape index (κ1) is 21.6. The normalized spacial score (nSPS) is 11.4. The van der Waals surface area contributed by atoms with Gasteiger partial charge in [0.1, 0.15) is 17.2 Å². The van der Waals surface area contributed by atoms with Gasteiger partial charge in [-0.1, -0.05) is 18.2 Å². The molecular formula is C24H21FN2O4S. The largest absolute Gasteiger partial charge is 0.455 e. The third kappa shape index (κ3) is 4.50. The van der Waals surface area contributed by atoms with Crippen molar-refractivity contribution < 1.29 is 22.0 Å². The predicted molar refractivity (Wildman–Crippen MR) is 124 cm³/mol. The quantitative estimate of drug-likeness (QED) is 0.384. The van der Waals surface area contributed by atoms with Crippen LogP contribution in [-0.2, 0) is 10.0 Å². The van der Waals surface area contributed by atoms with E-state index in [9.17, 15) is 17.6 Å². The van der Waals surface area contributed by atoms with E-state index in [-0.39, 0.29) is 6.54 Å². The van der Waals surface area contributed by atoms with Gasteiger partial charge in [-0.15, -0.1) is 0 Å². The average Bonchev–Trinajstić information content (AvgIpc) is 3.15. The maximum Gasteiger partial charge on any atom is 0.232 e. The molecule has 4 aromatic rings. The van der Waals surface area contributed by atoms with Crippen LogP contribution in [0.2, 0.25) is 0 Å². The van der Waals surface area contributed by atoms with Crippen molar-refractivity contribution in [1.29, 1.82) is 0 Å². The zero-order valence-electron chi connectivity index (χ0n) is 17.3. The van der Waals surface area contributed by atoms with Gasteiger partial charge in [0.15, 0.2) is 6.29 Å². The summed E-state index contributed by atoms with van der Waals surface area (Å²) in [4.78, 5) is 11.7. The lowest BCUT2D eigenvalue weighted by molar-refractivity contribution is 0.112. The molecule has 32 heavy (non-hydrogen) atoms. The molecule has 0 amide bonds. The number of rotatable bonds is 8. The minimum absolute atomic E-state index is 0.200. The van der Waals surface area contributed by atoms with E-state index < -0.39 is 15.8 Å². The smallest absolute Gasteiger partial charge is 0.232 e. The Balaban J connectivity index is 1.67. The molecule has 0 atom stereocenters. The summed E-state index contributed by atoms with van der Waals surface area (Å²) in [6.45, 7) is 0.596. The standard InChI is InChI=1S/C24H21FN2O4S/c1-32(29,30)27(14-13-26-19-5-3-2-4-6-19)20-11-12-21-22(16-28)24(31-23(21)15-20)17-7-9-18(25)10-8-17/h2-12,15-16,26H,13-14H2,1H3. The van der Waals surface area contributed by atoms with Crippen LogP contribution in [0.5, 0.6) is 0 Å². The fourth-order valence-corrected chi connectivity index (χ4v) is 4.46. The van der Waals surface area contributed by atoms with Gasteiger partial charge in [0.25, 0.3) is 0 Å². The van der Waals surface area contributed by atoms with E-state index >= 15 is 0 Å². The Bertz CT molecular complexity index is 1350. The third-order valence-corrected chi connectivity index (χ3v) is 6.24. The van der Waals surface area contributed by atoms with E-state index in [0.29, 0.717) is 46.4 Å². The number of halogens is 1. The topological polar surface area (TPSA) is 79.6 Å². The summed E-state index contributed by atoms with van der Waals surface area (Å²) in [6, 6.07) is 20.0. The molecule has 0 aliphatic rings. The van der Waals surface area contributed by atoms with Crippen LogP contribution in [0.15, 0.2) is 77.2 Å². The Hall–Kier alpha value is -3.65. The Morgan fingerprint density at radius 2 is 1.75 bits per heavy atom. The summed E-state index contributed by atoms with van der Waals surface area (Å²) >= 11 is 0. The Morgan fingerprint density at radius 1 is 1.03 bits per heavy atom. The van der Waals surface area contributed by atoms with Gasteiger partial charge in [-0.25, -0.2) is 12.8 Å². The van der Waals surface area contributed by atoms with Crippen LogP contribution in [-0.4, -0.2) is 34.0 Å². The molecule has 0 aliphatic carbocycles. The average molecular weight is 453 g/mol. The van der Waals surface area contributed by atoms with Crippen molar-refractivity contribution in [2.75, 3.05) is 29.0 Å². The minimum atomic E-state index is -3.57.